The molecule has 1 fully saturated rings. The van der Waals surface area contributed by atoms with Crippen molar-refractivity contribution in [2.24, 2.45) is 17.6 Å². The van der Waals surface area contributed by atoms with Crippen molar-refractivity contribution in [3.05, 3.63) is 34.9 Å². The van der Waals surface area contributed by atoms with Gasteiger partial charge in [0.05, 0.1) is 0 Å². The highest BCUT2D eigenvalue weighted by Crippen LogP contribution is 2.40. The number of benzene rings is 1. The lowest BCUT2D eigenvalue weighted by atomic mass is 10.1. The summed E-state index contributed by atoms with van der Waals surface area (Å²) in [7, 11) is 0. The quantitative estimate of drug-likeness (QED) is 0.788. The summed E-state index contributed by atoms with van der Waals surface area (Å²) in [6.45, 7) is 0.845. The number of rotatable bonds is 3. The van der Waals surface area contributed by atoms with Crippen LogP contribution in [0.4, 0.5) is 0 Å². The summed E-state index contributed by atoms with van der Waals surface area (Å²) in [6.07, 6.45) is 2.47. The molecule has 0 aliphatic heterocycles. The first-order valence-corrected chi connectivity index (χ1v) is 5.12. The van der Waals surface area contributed by atoms with E-state index in [1.54, 1.807) is 0 Å². The first-order chi connectivity index (χ1) is 6.29. The molecular formula is C11H14ClN. The number of nitrogens with two attached hydrogens (primary N) is 1. The van der Waals surface area contributed by atoms with Gasteiger partial charge in [0, 0.05) is 5.02 Å². The van der Waals surface area contributed by atoms with Crippen molar-refractivity contribution in [3.63, 3.8) is 0 Å². The van der Waals surface area contributed by atoms with Gasteiger partial charge in [0.1, 0.15) is 0 Å². The molecular weight excluding hydrogens is 182 g/mol. The van der Waals surface area contributed by atoms with E-state index in [0.29, 0.717) is 0 Å². The third-order valence-corrected chi connectivity index (χ3v) is 3.03. The molecule has 13 heavy (non-hydrogen) atoms. The van der Waals surface area contributed by atoms with Crippen LogP contribution in [0.5, 0.6) is 0 Å². The Morgan fingerprint density at radius 3 is 2.46 bits per heavy atom. The molecule has 0 saturated heterocycles. The van der Waals surface area contributed by atoms with Crippen LogP contribution >= 0.6 is 11.6 Å². The van der Waals surface area contributed by atoms with E-state index in [4.69, 9.17) is 17.3 Å². The van der Waals surface area contributed by atoms with Crippen molar-refractivity contribution in [2.75, 3.05) is 6.54 Å². The summed E-state index contributed by atoms with van der Waals surface area (Å²) in [5, 5.41) is 0.815. The molecule has 0 aromatic heterocycles. The molecule has 0 bridgehead atoms. The summed E-state index contributed by atoms with van der Waals surface area (Å²) < 4.78 is 0. The van der Waals surface area contributed by atoms with E-state index < -0.39 is 0 Å². The van der Waals surface area contributed by atoms with Crippen LogP contribution in [0.3, 0.4) is 0 Å². The Balaban J connectivity index is 1.92. The van der Waals surface area contributed by atoms with Crippen molar-refractivity contribution in [1.29, 1.82) is 0 Å². The van der Waals surface area contributed by atoms with E-state index in [2.05, 4.69) is 12.1 Å². The third-order valence-electron chi connectivity index (χ3n) is 2.78. The van der Waals surface area contributed by atoms with Crippen molar-refractivity contribution >= 4 is 11.6 Å². The average molecular weight is 196 g/mol. The molecule has 0 spiro atoms. The van der Waals surface area contributed by atoms with Crippen LogP contribution in [0.15, 0.2) is 24.3 Å². The Morgan fingerprint density at radius 2 is 1.92 bits per heavy atom. The highest BCUT2D eigenvalue weighted by atomic mass is 35.5. The van der Waals surface area contributed by atoms with Crippen LogP contribution in [0.1, 0.15) is 12.0 Å². The molecule has 2 rings (SSSR count). The molecule has 0 heterocycles. The van der Waals surface area contributed by atoms with Crippen LogP contribution in [0.25, 0.3) is 0 Å². The van der Waals surface area contributed by atoms with Gasteiger partial charge < -0.3 is 5.73 Å². The lowest BCUT2D eigenvalue weighted by molar-refractivity contribution is 0.704. The highest BCUT2D eigenvalue weighted by molar-refractivity contribution is 6.30. The fourth-order valence-corrected chi connectivity index (χ4v) is 1.90. The molecule has 1 aromatic rings. The second-order valence-electron chi connectivity index (χ2n) is 3.82. The van der Waals surface area contributed by atoms with E-state index in [0.717, 1.165) is 23.4 Å². The maximum atomic E-state index is 5.80. The molecule has 0 radical (unpaired) electrons. The van der Waals surface area contributed by atoms with E-state index in [9.17, 15) is 0 Å². The van der Waals surface area contributed by atoms with Crippen LogP contribution in [0, 0.1) is 11.8 Å². The predicted octanol–water partition coefficient (Wildman–Crippen LogP) is 2.48. The molecule has 2 N–H and O–H groups in total. The van der Waals surface area contributed by atoms with E-state index in [1.165, 1.54) is 18.4 Å². The van der Waals surface area contributed by atoms with Crippen molar-refractivity contribution in [2.45, 2.75) is 12.8 Å². The summed E-state index contributed by atoms with van der Waals surface area (Å²) in [5.41, 5.74) is 6.96. The molecule has 2 atom stereocenters. The van der Waals surface area contributed by atoms with Crippen LogP contribution in [-0.4, -0.2) is 6.54 Å². The Kier molecular flexibility index (Phi) is 2.56. The molecule has 1 aliphatic carbocycles. The number of hydrogen-bond donors (Lipinski definition) is 1. The van der Waals surface area contributed by atoms with Gasteiger partial charge >= 0.3 is 0 Å². The summed E-state index contributed by atoms with van der Waals surface area (Å²) in [4.78, 5) is 0. The van der Waals surface area contributed by atoms with Crippen LogP contribution in [-0.2, 0) is 6.42 Å². The Labute approximate surface area is 83.9 Å². The van der Waals surface area contributed by atoms with E-state index in [1.807, 2.05) is 12.1 Å². The van der Waals surface area contributed by atoms with E-state index >= 15 is 0 Å². The average Bonchev–Trinajstić information content (AvgIpc) is 2.88. The molecule has 0 amide bonds. The number of halogens is 1. The fraction of sp³-hybridized carbons (Fsp3) is 0.455. The second kappa shape index (κ2) is 3.69. The summed E-state index contributed by atoms with van der Waals surface area (Å²) in [6, 6.07) is 8.12. The Morgan fingerprint density at radius 1 is 1.23 bits per heavy atom. The van der Waals surface area contributed by atoms with Gasteiger partial charge in [-0.25, -0.2) is 0 Å². The van der Waals surface area contributed by atoms with Crippen molar-refractivity contribution in [1.82, 2.24) is 0 Å². The Bertz CT molecular complexity index is 281. The van der Waals surface area contributed by atoms with Crippen molar-refractivity contribution in [3.8, 4) is 0 Å². The SMILES string of the molecule is NCC1CC1Cc1ccc(Cl)cc1. The topological polar surface area (TPSA) is 26.0 Å². The zero-order valence-electron chi connectivity index (χ0n) is 7.54. The van der Waals surface area contributed by atoms with Crippen LogP contribution in [0.2, 0.25) is 5.02 Å². The largest absolute Gasteiger partial charge is 0.330 e. The molecule has 70 valence electrons. The minimum Gasteiger partial charge on any atom is -0.330 e. The lowest BCUT2D eigenvalue weighted by Crippen LogP contribution is -2.03. The minimum atomic E-state index is 0.774. The molecule has 2 heteroatoms. The van der Waals surface area contributed by atoms with Gasteiger partial charge in [-0.05, 0) is 48.9 Å². The van der Waals surface area contributed by atoms with Gasteiger partial charge in [0.2, 0.25) is 0 Å². The van der Waals surface area contributed by atoms with Gasteiger partial charge in [0.25, 0.3) is 0 Å². The summed E-state index contributed by atoms with van der Waals surface area (Å²) in [5.74, 6) is 1.60. The van der Waals surface area contributed by atoms with Gasteiger partial charge in [-0.1, -0.05) is 23.7 Å². The van der Waals surface area contributed by atoms with E-state index in [-0.39, 0.29) is 0 Å². The standard InChI is InChI=1S/C11H14ClN/c12-11-3-1-8(2-4-11)5-9-6-10(9)7-13/h1-4,9-10H,5-7,13H2. The lowest BCUT2D eigenvalue weighted by Gasteiger charge is -1.99. The molecule has 1 aliphatic rings. The molecule has 1 saturated carbocycles. The van der Waals surface area contributed by atoms with Gasteiger partial charge in [-0.3, -0.25) is 0 Å². The molecule has 2 unspecified atom stereocenters. The summed E-state index contributed by atoms with van der Waals surface area (Å²) >= 11 is 5.80. The smallest absolute Gasteiger partial charge is 0.0406 e. The maximum Gasteiger partial charge on any atom is 0.0406 e. The predicted molar refractivity (Wildman–Crippen MR) is 55.8 cm³/mol. The van der Waals surface area contributed by atoms with Crippen LogP contribution < -0.4 is 5.73 Å². The second-order valence-corrected chi connectivity index (χ2v) is 4.26. The third kappa shape index (κ3) is 2.23. The zero-order chi connectivity index (χ0) is 9.26. The normalized spacial score (nSPS) is 26.0. The maximum absolute atomic E-state index is 5.80. The van der Waals surface area contributed by atoms with Crippen molar-refractivity contribution < 1.29 is 0 Å². The van der Waals surface area contributed by atoms with Gasteiger partial charge in [-0.2, -0.15) is 0 Å². The molecule has 1 nitrogen and oxygen atoms in total. The highest BCUT2D eigenvalue weighted by Gasteiger charge is 2.35. The molecule has 1 aromatic carbocycles. The fourth-order valence-electron chi connectivity index (χ4n) is 1.77. The first-order valence-electron chi connectivity index (χ1n) is 4.74. The monoisotopic (exact) mass is 195 g/mol. The first kappa shape index (κ1) is 9.04. The minimum absolute atomic E-state index is 0.774. The zero-order valence-corrected chi connectivity index (χ0v) is 8.30. The number of hydrogen-bond acceptors (Lipinski definition) is 1. The van der Waals surface area contributed by atoms with Gasteiger partial charge in [-0.15, -0.1) is 0 Å². The van der Waals surface area contributed by atoms with Gasteiger partial charge in [0.15, 0.2) is 0 Å². The Hall–Kier alpha value is -0.530.